The standard InChI is InChI=1S/C15H14ClN3/c1-2-19(11-12-6-4-3-5-7-12)15-14(16)13(10-17)8-9-18-15/h3-9H,2,11H2,1H3. The van der Waals surface area contributed by atoms with E-state index < -0.39 is 0 Å². The van der Waals surface area contributed by atoms with Gasteiger partial charge < -0.3 is 4.90 Å². The number of nitriles is 1. The largest absolute Gasteiger partial charge is 0.351 e. The highest BCUT2D eigenvalue weighted by Crippen LogP contribution is 2.27. The zero-order chi connectivity index (χ0) is 13.7. The maximum Gasteiger partial charge on any atom is 0.148 e. The Morgan fingerprint density at radius 3 is 2.63 bits per heavy atom. The smallest absolute Gasteiger partial charge is 0.148 e. The molecule has 0 fully saturated rings. The van der Waals surface area contributed by atoms with Crippen molar-refractivity contribution in [3.05, 3.63) is 58.7 Å². The molecule has 2 rings (SSSR count). The van der Waals surface area contributed by atoms with Crippen LogP contribution in [0.4, 0.5) is 5.82 Å². The normalized spacial score (nSPS) is 9.95. The molecule has 0 amide bonds. The molecule has 4 heteroatoms. The van der Waals surface area contributed by atoms with Gasteiger partial charge in [-0.05, 0) is 18.6 Å². The van der Waals surface area contributed by atoms with Gasteiger partial charge in [0.15, 0.2) is 0 Å². The van der Waals surface area contributed by atoms with Gasteiger partial charge in [0.05, 0.1) is 5.56 Å². The van der Waals surface area contributed by atoms with Gasteiger partial charge in [-0.25, -0.2) is 4.98 Å². The van der Waals surface area contributed by atoms with Crippen molar-refractivity contribution < 1.29 is 0 Å². The predicted molar refractivity (Wildman–Crippen MR) is 77.1 cm³/mol. The van der Waals surface area contributed by atoms with Gasteiger partial charge >= 0.3 is 0 Å². The monoisotopic (exact) mass is 271 g/mol. The van der Waals surface area contributed by atoms with Crippen molar-refractivity contribution in [3.8, 4) is 6.07 Å². The lowest BCUT2D eigenvalue weighted by atomic mass is 10.2. The fourth-order valence-corrected chi connectivity index (χ4v) is 2.15. The van der Waals surface area contributed by atoms with Gasteiger partial charge in [-0.15, -0.1) is 0 Å². The second-order valence-electron chi connectivity index (χ2n) is 4.11. The van der Waals surface area contributed by atoms with Crippen LogP contribution in [0.15, 0.2) is 42.6 Å². The highest BCUT2D eigenvalue weighted by atomic mass is 35.5. The molecule has 3 nitrogen and oxygen atoms in total. The van der Waals surface area contributed by atoms with E-state index in [9.17, 15) is 0 Å². The molecular formula is C15H14ClN3. The molecule has 0 aliphatic rings. The number of hydrogen-bond acceptors (Lipinski definition) is 3. The van der Waals surface area contributed by atoms with Crippen molar-refractivity contribution in [2.75, 3.05) is 11.4 Å². The van der Waals surface area contributed by atoms with E-state index in [1.807, 2.05) is 25.1 Å². The Morgan fingerprint density at radius 1 is 1.26 bits per heavy atom. The summed E-state index contributed by atoms with van der Waals surface area (Å²) in [5, 5.41) is 9.43. The number of aromatic nitrogens is 1. The molecule has 1 aromatic carbocycles. The number of hydrogen-bond donors (Lipinski definition) is 0. The molecule has 1 aromatic heterocycles. The third-order valence-electron chi connectivity index (χ3n) is 2.89. The number of nitrogens with zero attached hydrogens (tertiary/aromatic N) is 3. The summed E-state index contributed by atoms with van der Waals surface area (Å²) < 4.78 is 0. The first-order valence-corrected chi connectivity index (χ1v) is 6.47. The van der Waals surface area contributed by atoms with Gasteiger partial charge in [-0.1, -0.05) is 41.9 Å². The minimum Gasteiger partial charge on any atom is -0.351 e. The summed E-state index contributed by atoms with van der Waals surface area (Å²) in [6.45, 7) is 3.54. The van der Waals surface area contributed by atoms with E-state index in [0.717, 1.165) is 13.1 Å². The fraction of sp³-hybridized carbons (Fsp3) is 0.200. The Hall–Kier alpha value is -2.05. The number of anilines is 1. The van der Waals surface area contributed by atoms with Crippen LogP contribution in [-0.4, -0.2) is 11.5 Å². The molecule has 0 aliphatic heterocycles. The lowest BCUT2D eigenvalue weighted by molar-refractivity contribution is 0.813. The molecular weight excluding hydrogens is 258 g/mol. The predicted octanol–water partition coefficient (Wildman–Crippen LogP) is 3.63. The van der Waals surface area contributed by atoms with Gasteiger partial charge in [0.25, 0.3) is 0 Å². The Morgan fingerprint density at radius 2 is 2.00 bits per heavy atom. The van der Waals surface area contributed by atoms with Crippen LogP contribution in [0.5, 0.6) is 0 Å². The van der Waals surface area contributed by atoms with E-state index in [4.69, 9.17) is 16.9 Å². The van der Waals surface area contributed by atoms with Crippen LogP contribution in [0.3, 0.4) is 0 Å². The molecule has 0 spiro atoms. The SMILES string of the molecule is CCN(Cc1ccccc1)c1nccc(C#N)c1Cl. The summed E-state index contributed by atoms with van der Waals surface area (Å²) in [7, 11) is 0. The van der Waals surface area contributed by atoms with Crippen LogP contribution < -0.4 is 4.90 Å². The molecule has 0 saturated heterocycles. The zero-order valence-electron chi connectivity index (χ0n) is 10.7. The summed E-state index contributed by atoms with van der Waals surface area (Å²) in [6, 6.07) is 13.8. The third kappa shape index (κ3) is 3.04. The topological polar surface area (TPSA) is 39.9 Å². The molecule has 96 valence electrons. The van der Waals surface area contributed by atoms with Crippen LogP contribution in [-0.2, 0) is 6.54 Å². The van der Waals surface area contributed by atoms with E-state index >= 15 is 0 Å². The summed E-state index contributed by atoms with van der Waals surface area (Å²) in [5.41, 5.74) is 1.64. The van der Waals surface area contributed by atoms with E-state index in [0.29, 0.717) is 16.4 Å². The number of pyridine rings is 1. The summed E-state index contributed by atoms with van der Waals surface area (Å²) in [4.78, 5) is 6.35. The zero-order valence-corrected chi connectivity index (χ0v) is 11.4. The second kappa shape index (κ2) is 6.21. The van der Waals surface area contributed by atoms with Crippen LogP contribution in [0.25, 0.3) is 0 Å². The minimum atomic E-state index is 0.419. The molecule has 0 aliphatic carbocycles. The minimum absolute atomic E-state index is 0.419. The van der Waals surface area contributed by atoms with Gasteiger partial charge in [0.1, 0.15) is 16.9 Å². The highest BCUT2D eigenvalue weighted by molar-refractivity contribution is 6.34. The van der Waals surface area contributed by atoms with E-state index in [1.165, 1.54) is 5.56 Å². The Balaban J connectivity index is 2.31. The van der Waals surface area contributed by atoms with Gasteiger partial charge in [-0.3, -0.25) is 0 Å². The van der Waals surface area contributed by atoms with Gasteiger partial charge in [-0.2, -0.15) is 5.26 Å². The fourth-order valence-electron chi connectivity index (χ4n) is 1.88. The Bertz CT molecular complexity index is 590. The van der Waals surface area contributed by atoms with Crippen molar-refractivity contribution in [2.24, 2.45) is 0 Å². The lowest BCUT2D eigenvalue weighted by Crippen LogP contribution is -2.23. The van der Waals surface area contributed by atoms with Crippen LogP contribution in [0.1, 0.15) is 18.1 Å². The molecule has 0 atom stereocenters. The number of benzene rings is 1. The first-order valence-electron chi connectivity index (χ1n) is 6.09. The van der Waals surface area contributed by atoms with Crippen LogP contribution >= 0.6 is 11.6 Å². The lowest BCUT2D eigenvalue weighted by Gasteiger charge is -2.23. The van der Waals surface area contributed by atoms with Gasteiger partial charge in [0, 0.05) is 19.3 Å². The van der Waals surface area contributed by atoms with Crippen molar-refractivity contribution in [1.82, 2.24) is 4.98 Å². The maximum atomic E-state index is 9.01. The van der Waals surface area contributed by atoms with Crippen molar-refractivity contribution in [1.29, 1.82) is 5.26 Å². The molecule has 0 unspecified atom stereocenters. The summed E-state index contributed by atoms with van der Waals surface area (Å²) in [6.07, 6.45) is 1.62. The van der Waals surface area contributed by atoms with E-state index in [-0.39, 0.29) is 0 Å². The molecule has 2 aromatic rings. The first-order chi connectivity index (χ1) is 9.26. The van der Waals surface area contributed by atoms with E-state index in [2.05, 4.69) is 28.1 Å². The average Bonchev–Trinajstić information content (AvgIpc) is 2.46. The first kappa shape index (κ1) is 13.4. The maximum absolute atomic E-state index is 9.01. The van der Waals surface area contributed by atoms with Crippen LogP contribution in [0.2, 0.25) is 5.02 Å². The van der Waals surface area contributed by atoms with Gasteiger partial charge in [0.2, 0.25) is 0 Å². The van der Waals surface area contributed by atoms with Crippen LogP contribution in [0, 0.1) is 11.3 Å². The highest BCUT2D eigenvalue weighted by Gasteiger charge is 2.13. The molecule has 19 heavy (non-hydrogen) atoms. The molecule has 0 saturated carbocycles. The molecule has 1 heterocycles. The third-order valence-corrected chi connectivity index (χ3v) is 3.26. The second-order valence-corrected chi connectivity index (χ2v) is 4.49. The average molecular weight is 272 g/mol. The molecule has 0 N–H and O–H groups in total. The quantitative estimate of drug-likeness (QED) is 0.852. The number of rotatable bonds is 4. The summed E-state index contributed by atoms with van der Waals surface area (Å²) >= 11 is 6.22. The van der Waals surface area contributed by atoms with E-state index in [1.54, 1.807) is 12.3 Å². The number of halogens is 1. The molecule has 0 bridgehead atoms. The van der Waals surface area contributed by atoms with Crippen molar-refractivity contribution >= 4 is 17.4 Å². The van der Waals surface area contributed by atoms with Crippen molar-refractivity contribution in [2.45, 2.75) is 13.5 Å². The molecule has 0 radical (unpaired) electrons. The Kier molecular flexibility index (Phi) is 4.38. The summed E-state index contributed by atoms with van der Waals surface area (Å²) in [5.74, 6) is 0.659. The van der Waals surface area contributed by atoms with Crippen molar-refractivity contribution in [3.63, 3.8) is 0 Å². The Labute approximate surface area is 118 Å².